The highest BCUT2D eigenvalue weighted by Crippen LogP contribution is 2.40. The molecule has 0 saturated carbocycles. The van der Waals surface area contributed by atoms with Crippen LogP contribution in [0.2, 0.25) is 0 Å². The third-order valence-corrected chi connectivity index (χ3v) is 3.73. The van der Waals surface area contributed by atoms with Crippen molar-refractivity contribution in [3.8, 4) is 0 Å². The van der Waals surface area contributed by atoms with Crippen LogP contribution in [0.1, 0.15) is 31.4 Å². The summed E-state index contributed by atoms with van der Waals surface area (Å²) in [6.45, 7) is 2.16. The lowest BCUT2D eigenvalue weighted by Gasteiger charge is -2.33. The molecule has 1 aliphatic heterocycles. The summed E-state index contributed by atoms with van der Waals surface area (Å²) >= 11 is 0. The maximum absolute atomic E-state index is 13.1. The fraction of sp³-hybridized carbons (Fsp3) is 0.583. The third-order valence-electron chi connectivity index (χ3n) is 3.73. The lowest BCUT2D eigenvalue weighted by atomic mass is 10.0. The molecule has 0 amide bonds. The molecule has 1 aromatic heterocycles. The molecule has 1 aliphatic rings. The molecule has 1 saturated heterocycles. The smallest absolute Gasteiger partial charge is 0.141 e. The van der Waals surface area contributed by atoms with Crippen LogP contribution in [0.15, 0.2) is 18.5 Å². The topological polar surface area (TPSA) is 36.4 Å². The molecule has 0 aromatic carbocycles. The number of pyridine rings is 1. The second kappa shape index (κ2) is 4.11. The van der Waals surface area contributed by atoms with Crippen LogP contribution in [0, 0.1) is 5.82 Å². The van der Waals surface area contributed by atoms with Crippen molar-refractivity contribution in [2.24, 2.45) is 0 Å². The average molecular weight is 224 g/mol. The fourth-order valence-electron chi connectivity index (χ4n) is 2.39. The van der Waals surface area contributed by atoms with Crippen molar-refractivity contribution in [1.82, 2.24) is 9.88 Å². The van der Waals surface area contributed by atoms with Crippen LogP contribution in [0.4, 0.5) is 4.39 Å². The number of aromatic nitrogens is 1. The summed E-state index contributed by atoms with van der Waals surface area (Å²) < 4.78 is 13.1. The van der Waals surface area contributed by atoms with Gasteiger partial charge in [0.15, 0.2) is 0 Å². The molecule has 2 atom stereocenters. The maximum atomic E-state index is 13.1. The number of hydrogen-bond acceptors (Lipinski definition) is 3. The molecular formula is C12H17FN2O. The van der Waals surface area contributed by atoms with Crippen LogP contribution in [-0.4, -0.2) is 34.2 Å². The predicted octanol–water partition coefficient (Wildman–Crippen LogP) is 1.74. The van der Waals surface area contributed by atoms with Gasteiger partial charge >= 0.3 is 0 Å². The minimum absolute atomic E-state index is 0.128. The highest BCUT2D eigenvalue weighted by Gasteiger charge is 2.40. The van der Waals surface area contributed by atoms with Crippen LogP contribution in [0.5, 0.6) is 0 Å². The van der Waals surface area contributed by atoms with Crippen molar-refractivity contribution in [2.75, 3.05) is 13.7 Å². The van der Waals surface area contributed by atoms with Gasteiger partial charge in [-0.2, -0.15) is 0 Å². The van der Waals surface area contributed by atoms with Crippen molar-refractivity contribution < 1.29 is 9.50 Å². The first-order valence-electron chi connectivity index (χ1n) is 5.51. The van der Waals surface area contributed by atoms with Crippen molar-refractivity contribution in [3.63, 3.8) is 0 Å². The summed E-state index contributed by atoms with van der Waals surface area (Å²) in [5.41, 5.74) is 0.691. The number of likely N-dealkylation sites (N-methyl/N-ethyl adjacent to an activating group) is 1. The zero-order valence-electron chi connectivity index (χ0n) is 9.65. The number of aliphatic hydroxyl groups excluding tert-OH is 1. The number of nitrogens with zero attached hydrogens (tertiary/aromatic N) is 2. The zero-order valence-corrected chi connectivity index (χ0v) is 9.65. The van der Waals surface area contributed by atoms with Crippen LogP contribution < -0.4 is 0 Å². The van der Waals surface area contributed by atoms with E-state index in [-0.39, 0.29) is 24.0 Å². The first kappa shape index (κ1) is 11.5. The second-order valence-electron chi connectivity index (χ2n) is 4.76. The summed E-state index contributed by atoms with van der Waals surface area (Å²) in [5, 5.41) is 9.38. The van der Waals surface area contributed by atoms with Crippen LogP contribution in [0.25, 0.3) is 0 Å². The van der Waals surface area contributed by atoms with Gasteiger partial charge in [-0.1, -0.05) is 0 Å². The number of hydrogen-bond donors (Lipinski definition) is 1. The van der Waals surface area contributed by atoms with E-state index in [1.165, 1.54) is 12.3 Å². The van der Waals surface area contributed by atoms with Gasteiger partial charge in [0.05, 0.1) is 12.8 Å². The Morgan fingerprint density at radius 1 is 1.62 bits per heavy atom. The van der Waals surface area contributed by atoms with Crippen molar-refractivity contribution in [1.29, 1.82) is 0 Å². The van der Waals surface area contributed by atoms with Gasteiger partial charge in [0.2, 0.25) is 0 Å². The van der Waals surface area contributed by atoms with E-state index in [0.717, 1.165) is 18.4 Å². The van der Waals surface area contributed by atoms with Gasteiger partial charge in [-0.25, -0.2) is 4.39 Å². The Morgan fingerprint density at radius 3 is 2.94 bits per heavy atom. The number of rotatable bonds is 2. The summed E-state index contributed by atoms with van der Waals surface area (Å²) in [6.07, 6.45) is 4.76. The molecule has 4 heteroatoms. The molecule has 2 rings (SSSR count). The Kier molecular flexibility index (Phi) is 2.95. The van der Waals surface area contributed by atoms with E-state index < -0.39 is 0 Å². The van der Waals surface area contributed by atoms with Gasteiger partial charge in [-0.15, -0.1) is 0 Å². The van der Waals surface area contributed by atoms with Crippen molar-refractivity contribution in [3.05, 3.63) is 29.8 Å². The minimum Gasteiger partial charge on any atom is -0.394 e. The van der Waals surface area contributed by atoms with Gasteiger partial charge in [0, 0.05) is 17.8 Å². The Morgan fingerprint density at radius 2 is 2.38 bits per heavy atom. The second-order valence-corrected chi connectivity index (χ2v) is 4.76. The molecule has 0 radical (unpaired) electrons. The molecule has 1 aromatic rings. The standard InChI is InChI=1S/C12H17FN2O/c1-12(8-16)4-3-11(15(12)2)9-5-10(13)7-14-6-9/h5-7,11,16H,3-4,8H2,1-2H3. The Hall–Kier alpha value is -1.00. The Labute approximate surface area is 94.9 Å². The molecule has 16 heavy (non-hydrogen) atoms. The van der Waals surface area contributed by atoms with E-state index in [2.05, 4.69) is 9.88 Å². The van der Waals surface area contributed by atoms with Crippen molar-refractivity contribution in [2.45, 2.75) is 31.3 Å². The normalized spacial score (nSPS) is 30.9. The molecule has 2 heterocycles. The molecular weight excluding hydrogens is 207 g/mol. The number of aliphatic hydroxyl groups is 1. The highest BCUT2D eigenvalue weighted by atomic mass is 19.1. The fourth-order valence-corrected chi connectivity index (χ4v) is 2.39. The molecule has 0 bridgehead atoms. The molecule has 1 fully saturated rings. The van der Waals surface area contributed by atoms with E-state index >= 15 is 0 Å². The van der Waals surface area contributed by atoms with Gasteiger partial charge in [0.25, 0.3) is 0 Å². The first-order chi connectivity index (χ1) is 7.57. The van der Waals surface area contributed by atoms with E-state index in [1.807, 2.05) is 14.0 Å². The minimum atomic E-state index is -0.302. The third kappa shape index (κ3) is 1.83. The zero-order chi connectivity index (χ0) is 11.8. The van der Waals surface area contributed by atoms with Gasteiger partial charge in [-0.3, -0.25) is 9.88 Å². The molecule has 2 unspecified atom stereocenters. The highest BCUT2D eigenvalue weighted by molar-refractivity contribution is 5.18. The summed E-state index contributed by atoms with van der Waals surface area (Å²) in [7, 11) is 1.97. The molecule has 0 aliphatic carbocycles. The lowest BCUT2D eigenvalue weighted by Crippen LogP contribution is -2.42. The monoisotopic (exact) mass is 224 g/mol. The average Bonchev–Trinajstić information content (AvgIpc) is 2.57. The van der Waals surface area contributed by atoms with Gasteiger partial charge < -0.3 is 5.11 Å². The summed E-state index contributed by atoms with van der Waals surface area (Å²) in [4.78, 5) is 5.99. The first-order valence-corrected chi connectivity index (χ1v) is 5.51. The van der Waals surface area contributed by atoms with Crippen LogP contribution >= 0.6 is 0 Å². The van der Waals surface area contributed by atoms with E-state index in [4.69, 9.17) is 0 Å². The van der Waals surface area contributed by atoms with Crippen LogP contribution in [0.3, 0.4) is 0 Å². The van der Waals surface area contributed by atoms with E-state index in [1.54, 1.807) is 6.20 Å². The molecule has 3 nitrogen and oxygen atoms in total. The van der Waals surface area contributed by atoms with Gasteiger partial charge in [0.1, 0.15) is 5.82 Å². The SMILES string of the molecule is CN1C(c2cncc(F)c2)CCC1(C)CO. The summed E-state index contributed by atoms with van der Waals surface area (Å²) in [5.74, 6) is -0.302. The van der Waals surface area contributed by atoms with E-state index in [9.17, 15) is 9.50 Å². The predicted molar refractivity (Wildman–Crippen MR) is 59.4 cm³/mol. The summed E-state index contributed by atoms with van der Waals surface area (Å²) in [6, 6.07) is 1.68. The molecule has 88 valence electrons. The largest absolute Gasteiger partial charge is 0.394 e. The van der Waals surface area contributed by atoms with Gasteiger partial charge in [-0.05, 0) is 38.4 Å². The maximum Gasteiger partial charge on any atom is 0.141 e. The molecule has 0 spiro atoms. The lowest BCUT2D eigenvalue weighted by molar-refractivity contribution is 0.0775. The van der Waals surface area contributed by atoms with Crippen molar-refractivity contribution >= 4 is 0 Å². The van der Waals surface area contributed by atoms with E-state index in [0.29, 0.717) is 0 Å². The Balaban J connectivity index is 2.25. The number of likely N-dealkylation sites (tertiary alicyclic amines) is 1. The Bertz CT molecular complexity index is 385. The molecule has 1 N–H and O–H groups in total. The van der Waals surface area contributed by atoms with Crippen LogP contribution in [-0.2, 0) is 0 Å². The number of halogens is 1. The quantitative estimate of drug-likeness (QED) is 0.831.